The summed E-state index contributed by atoms with van der Waals surface area (Å²) in [6, 6.07) is 4.53. The molecule has 9 heteroatoms. The summed E-state index contributed by atoms with van der Waals surface area (Å²) >= 11 is 0. The lowest BCUT2D eigenvalue weighted by Crippen LogP contribution is -2.38. The molecule has 2 rings (SSSR count). The fraction of sp³-hybridized carbons (Fsp3) is 0.429. The van der Waals surface area contributed by atoms with Crippen LogP contribution in [0.25, 0.3) is 0 Å². The van der Waals surface area contributed by atoms with Crippen LogP contribution in [0.4, 0.5) is 11.4 Å². The highest BCUT2D eigenvalue weighted by atomic mass is 35.5. The van der Waals surface area contributed by atoms with Gasteiger partial charge >= 0.3 is 5.97 Å². The SMILES string of the molecule is CN(CCC(=O)O)CC(=O)N1CCc2ccc([N+](=O)[O-])cc21.Cl. The maximum atomic E-state index is 12.3. The average Bonchev–Trinajstić information content (AvgIpc) is 2.87. The summed E-state index contributed by atoms with van der Waals surface area (Å²) in [6.07, 6.45) is 0.629. The van der Waals surface area contributed by atoms with E-state index < -0.39 is 10.9 Å². The number of anilines is 1. The number of halogens is 1. The van der Waals surface area contributed by atoms with Crippen molar-refractivity contribution in [1.29, 1.82) is 0 Å². The molecule has 1 aromatic carbocycles. The predicted octanol–water partition coefficient (Wildman–Crippen LogP) is 1.31. The van der Waals surface area contributed by atoms with Crippen molar-refractivity contribution in [2.24, 2.45) is 0 Å². The molecule has 0 fully saturated rings. The Bertz CT molecular complexity index is 622. The van der Waals surface area contributed by atoms with Gasteiger partial charge in [0, 0.05) is 25.2 Å². The number of nitro groups is 1. The highest BCUT2D eigenvalue weighted by molar-refractivity contribution is 5.97. The largest absolute Gasteiger partial charge is 0.481 e. The first-order chi connectivity index (χ1) is 10.4. The maximum Gasteiger partial charge on any atom is 0.304 e. The molecule has 1 amide bonds. The first-order valence-corrected chi connectivity index (χ1v) is 6.86. The number of likely N-dealkylation sites (N-methyl/N-ethyl adjacent to an activating group) is 1. The van der Waals surface area contributed by atoms with Gasteiger partial charge in [0.15, 0.2) is 0 Å². The number of carbonyl (C=O) groups excluding carboxylic acids is 1. The van der Waals surface area contributed by atoms with Crippen LogP contribution in [-0.4, -0.2) is 53.5 Å². The number of nitrogens with zero attached hydrogens (tertiary/aromatic N) is 3. The van der Waals surface area contributed by atoms with E-state index in [4.69, 9.17) is 5.11 Å². The quantitative estimate of drug-likeness (QED) is 0.617. The van der Waals surface area contributed by atoms with Gasteiger partial charge in [-0.05, 0) is 19.0 Å². The smallest absolute Gasteiger partial charge is 0.304 e. The van der Waals surface area contributed by atoms with Crippen LogP contribution in [0.2, 0.25) is 0 Å². The van der Waals surface area contributed by atoms with Gasteiger partial charge in [0.25, 0.3) is 5.69 Å². The normalized spacial score (nSPS) is 12.7. The van der Waals surface area contributed by atoms with Crippen molar-refractivity contribution in [3.8, 4) is 0 Å². The minimum atomic E-state index is -0.915. The Morgan fingerprint density at radius 1 is 1.43 bits per heavy atom. The van der Waals surface area contributed by atoms with Gasteiger partial charge < -0.3 is 10.0 Å². The van der Waals surface area contributed by atoms with E-state index in [1.54, 1.807) is 18.0 Å². The Labute approximate surface area is 139 Å². The molecule has 0 aliphatic carbocycles. The number of carbonyl (C=O) groups is 2. The zero-order valence-electron chi connectivity index (χ0n) is 12.6. The van der Waals surface area contributed by atoms with Gasteiger partial charge in [0.05, 0.1) is 23.6 Å². The summed E-state index contributed by atoms with van der Waals surface area (Å²) in [4.78, 5) is 36.4. The summed E-state index contributed by atoms with van der Waals surface area (Å²) < 4.78 is 0. The van der Waals surface area contributed by atoms with Crippen molar-refractivity contribution in [1.82, 2.24) is 4.90 Å². The van der Waals surface area contributed by atoms with Crippen molar-refractivity contribution in [2.45, 2.75) is 12.8 Å². The lowest BCUT2D eigenvalue weighted by Gasteiger charge is -2.21. The molecular weight excluding hydrogens is 326 g/mol. The third kappa shape index (κ3) is 4.64. The van der Waals surface area contributed by atoms with Gasteiger partial charge in [-0.1, -0.05) is 6.07 Å². The molecule has 0 atom stereocenters. The second-order valence-corrected chi connectivity index (χ2v) is 5.25. The molecule has 0 spiro atoms. The number of aliphatic carboxylic acids is 1. The van der Waals surface area contributed by atoms with E-state index in [1.165, 1.54) is 17.0 Å². The standard InChI is InChI=1S/C14H17N3O5.ClH/c1-15(6-5-14(19)20)9-13(18)16-7-4-10-2-3-11(17(21)22)8-12(10)16;/h2-3,8H,4-7,9H2,1H3,(H,19,20);1H. The second kappa shape index (κ2) is 7.89. The number of carboxylic acid groups (broad SMARTS) is 1. The fourth-order valence-corrected chi connectivity index (χ4v) is 2.42. The van der Waals surface area contributed by atoms with Crippen LogP contribution < -0.4 is 4.90 Å². The van der Waals surface area contributed by atoms with E-state index >= 15 is 0 Å². The number of hydrogen-bond acceptors (Lipinski definition) is 5. The minimum Gasteiger partial charge on any atom is -0.481 e. The molecule has 1 aliphatic rings. The molecule has 0 saturated heterocycles. The average molecular weight is 344 g/mol. The lowest BCUT2D eigenvalue weighted by atomic mass is 10.1. The Kier molecular flexibility index (Phi) is 6.47. The first kappa shape index (κ1) is 18.9. The first-order valence-electron chi connectivity index (χ1n) is 6.86. The van der Waals surface area contributed by atoms with Crippen molar-refractivity contribution >= 4 is 35.7 Å². The zero-order chi connectivity index (χ0) is 16.3. The van der Waals surface area contributed by atoms with Gasteiger partial charge in [0.1, 0.15) is 0 Å². The van der Waals surface area contributed by atoms with E-state index in [1.807, 2.05) is 0 Å². The van der Waals surface area contributed by atoms with E-state index in [-0.39, 0.29) is 43.5 Å². The highest BCUT2D eigenvalue weighted by Crippen LogP contribution is 2.31. The number of carboxylic acids is 1. The van der Waals surface area contributed by atoms with Crippen molar-refractivity contribution < 1.29 is 19.6 Å². The van der Waals surface area contributed by atoms with Crippen LogP contribution in [0.5, 0.6) is 0 Å². The number of amides is 1. The van der Waals surface area contributed by atoms with E-state index in [2.05, 4.69) is 0 Å². The molecule has 126 valence electrons. The Morgan fingerprint density at radius 2 is 2.13 bits per heavy atom. The Balaban J connectivity index is 0.00000264. The number of benzene rings is 1. The van der Waals surface area contributed by atoms with Crippen LogP contribution >= 0.6 is 12.4 Å². The van der Waals surface area contributed by atoms with E-state index in [0.717, 1.165) is 5.56 Å². The number of non-ortho nitro benzene ring substituents is 1. The van der Waals surface area contributed by atoms with Crippen molar-refractivity contribution in [3.63, 3.8) is 0 Å². The topological polar surface area (TPSA) is 104 Å². The molecule has 0 unspecified atom stereocenters. The number of hydrogen-bond donors (Lipinski definition) is 1. The summed E-state index contributed by atoms with van der Waals surface area (Å²) in [5, 5.41) is 19.5. The van der Waals surface area contributed by atoms with Gasteiger partial charge in [-0.15, -0.1) is 12.4 Å². The fourth-order valence-electron chi connectivity index (χ4n) is 2.42. The monoisotopic (exact) mass is 343 g/mol. The minimum absolute atomic E-state index is 0. The molecule has 0 aromatic heterocycles. The van der Waals surface area contributed by atoms with Crippen LogP contribution in [-0.2, 0) is 16.0 Å². The highest BCUT2D eigenvalue weighted by Gasteiger charge is 2.27. The molecular formula is C14H18ClN3O5. The van der Waals surface area contributed by atoms with Crippen LogP contribution in [0.1, 0.15) is 12.0 Å². The molecule has 0 bridgehead atoms. The van der Waals surface area contributed by atoms with Gasteiger partial charge in [0.2, 0.25) is 5.91 Å². The Hall–Kier alpha value is -2.19. The third-order valence-corrected chi connectivity index (χ3v) is 3.59. The van der Waals surface area contributed by atoms with Gasteiger partial charge in [-0.3, -0.25) is 24.6 Å². The van der Waals surface area contributed by atoms with E-state index in [9.17, 15) is 19.7 Å². The number of rotatable bonds is 6. The summed E-state index contributed by atoms with van der Waals surface area (Å²) in [7, 11) is 1.67. The van der Waals surface area contributed by atoms with Gasteiger partial charge in [-0.2, -0.15) is 0 Å². The van der Waals surface area contributed by atoms with Crippen LogP contribution in [0.3, 0.4) is 0 Å². The second-order valence-electron chi connectivity index (χ2n) is 5.25. The zero-order valence-corrected chi connectivity index (χ0v) is 13.4. The molecule has 1 N–H and O–H groups in total. The molecule has 1 aliphatic heterocycles. The summed E-state index contributed by atoms with van der Waals surface area (Å²) in [6.45, 7) is 0.841. The predicted molar refractivity (Wildman–Crippen MR) is 86.2 cm³/mol. The summed E-state index contributed by atoms with van der Waals surface area (Å²) in [5.41, 5.74) is 1.44. The third-order valence-electron chi connectivity index (χ3n) is 3.59. The maximum absolute atomic E-state index is 12.3. The number of fused-ring (bicyclic) bond motifs is 1. The van der Waals surface area contributed by atoms with Crippen LogP contribution in [0, 0.1) is 10.1 Å². The molecule has 8 nitrogen and oxygen atoms in total. The van der Waals surface area contributed by atoms with E-state index in [0.29, 0.717) is 18.7 Å². The molecule has 0 radical (unpaired) electrons. The molecule has 1 heterocycles. The van der Waals surface area contributed by atoms with Crippen molar-refractivity contribution in [3.05, 3.63) is 33.9 Å². The lowest BCUT2D eigenvalue weighted by molar-refractivity contribution is -0.384. The van der Waals surface area contributed by atoms with Gasteiger partial charge in [-0.25, -0.2) is 0 Å². The molecule has 23 heavy (non-hydrogen) atoms. The molecule has 0 saturated carbocycles. The number of nitro benzene ring substituents is 1. The van der Waals surface area contributed by atoms with Crippen molar-refractivity contribution in [2.75, 3.05) is 31.6 Å². The summed E-state index contributed by atoms with van der Waals surface area (Å²) in [5.74, 6) is -1.10. The van der Waals surface area contributed by atoms with Crippen LogP contribution in [0.15, 0.2) is 18.2 Å². The molecule has 1 aromatic rings. The Morgan fingerprint density at radius 3 is 2.74 bits per heavy atom.